The molecule has 6 rings (SSSR count). The van der Waals surface area contributed by atoms with Crippen molar-refractivity contribution in [2.45, 2.75) is 138 Å². The number of hydrogen-bond acceptors (Lipinski definition) is 23. The molecular weight excluding hydrogens is 957 g/mol. The smallest absolute Gasteiger partial charge is 0.339 e. The van der Waals surface area contributed by atoms with Crippen molar-refractivity contribution in [3.05, 3.63) is 102 Å². The lowest BCUT2D eigenvalue weighted by atomic mass is 9.88. The van der Waals surface area contributed by atoms with Gasteiger partial charge in [0, 0.05) is 6.08 Å². The molecule has 3 aromatic rings. The van der Waals surface area contributed by atoms with Gasteiger partial charge in [-0.2, -0.15) is 0 Å². The molecule has 23 heteroatoms. The highest BCUT2D eigenvalue weighted by molar-refractivity contribution is 5.87. The molecule has 72 heavy (non-hydrogen) atoms. The molecule has 0 amide bonds. The third-order valence-corrected chi connectivity index (χ3v) is 12.0. The van der Waals surface area contributed by atoms with Gasteiger partial charge in [0.15, 0.2) is 18.0 Å². The Kier molecular flexibility index (Phi) is 20.0. The van der Waals surface area contributed by atoms with E-state index >= 15 is 0 Å². The van der Waals surface area contributed by atoms with Crippen LogP contribution in [0.2, 0.25) is 0 Å². The third-order valence-electron chi connectivity index (χ3n) is 12.0. The van der Waals surface area contributed by atoms with Crippen LogP contribution < -0.4 is 9.47 Å². The Balaban J connectivity index is 1.18. The zero-order chi connectivity index (χ0) is 52.3. The Bertz CT molecular complexity index is 2210. The molecule has 0 aliphatic carbocycles. The van der Waals surface area contributed by atoms with E-state index < -0.39 is 154 Å². The minimum atomic E-state index is -2.33. The molecule has 0 radical (unpaired) electrons. The lowest BCUT2D eigenvalue weighted by Crippen LogP contribution is -2.63. The van der Waals surface area contributed by atoms with Gasteiger partial charge in [-0.25, -0.2) is 9.59 Å². The normalized spacial score (nSPS) is 31.6. The summed E-state index contributed by atoms with van der Waals surface area (Å²) in [6, 6.07) is 20.3. The molecule has 3 fully saturated rings. The Morgan fingerprint density at radius 2 is 1.06 bits per heavy atom. The summed E-state index contributed by atoms with van der Waals surface area (Å²) >= 11 is 0. The highest BCUT2D eigenvalue weighted by Gasteiger charge is 2.54. The van der Waals surface area contributed by atoms with E-state index in [4.69, 9.17) is 42.6 Å². The Hall–Kier alpha value is -5.19. The SMILES string of the molecule is CC(C)C[C@](CC(=O)OCc1ccc(O[C@H]2O[C@@H](CO)[C@H](O)[C@@H](O)[C@@H]2O)cc1)(O[C@@H]1O[C@H](CO)[C@@H](OC(=O)/C=C/c2ccccc2)[C@H](O)[C@H]1O)C(=O)OCc1ccc(O[C@@H]2O[C@H](CO)[C@@H](O)[C@H](O)[C@H]2O)cc1. The number of aliphatic hydroxyl groups is 11. The minimum Gasteiger partial charge on any atom is -0.462 e. The van der Waals surface area contributed by atoms with Crippen LogP contribution in [0, 0.1) is 5.92 Å². The molecule has 11 N–H and O–H groups in total. The first-order chi connectivity index (χ1) is 34.4. The second kappa shape index (κ2) is 25.7. The second-order valence-electron chi connectivity index (χ2n) is 17.9. The van der Waals surface area contributed by atoms with E-state index in [0.717, 1.165) is 6.08 Å². The number of carbonyl (C=O) groups is 3. The van der Waals surface area contributed by atoms with Crippen LogP contribution in [0.15, 0.2) is 84.9 Å². The van der Waals surface area contributed by atoms with Gasteiger partial charge in [0.05, 0.1) is 26.2 Å². The molecule has 396 valence electrons. The van der Waals surface area contributed by atoms with Crippen molar-refractivity contribution in [1.82, 2.24) is 0 Å². The lowest BCUT2D eigenvalue weighted by molar-refractivity contribution is -0.327. The monoisotopic (exact) mass is 1020 g/mol. The number of aliphatic hydroxyl groups excluding tert-OH is 11. The number of hydrogen-bond donors (Lipinski definition) is 11. The molecule has 16 atom stereocenters. The van der Waals surface area contributed by atoms with Crippen molar-refractivity contribution in [2.75, 3.05) is 19.8 Å². The second-order valence-corrected chi connectivity index (χ2v) is 17.9. The molecule has 23 nitrogen and oxygen atoms in total. The Morgan fingerprint density at radius 1 is 0.583 bits per heavy atom. The van der Waals surface area contributed by atoms with Crippen LogP contribution in [0.1, 0.15) is 43.4 Å². The fourth-order valence-electron chi connectivity index (χ4n) is 8.10. The van der Waals surface area contributed by atoms with E-state index in [1.807, 2.05) is 0 Å². The van der Waals surface area contributed by atoms with Gasteiger partial charge >= 0.3 is 17.9 Å². The van der Waals surface area contributed by atoms with Crippen LogP contribution in [0.3, 0.4) is 0 Å². The molecule has 0 bridgehead atoms. The maximum Gasteiger partial charge on any atom is 0.339 e. The van der Waals surface area contributed by atoms with Crippen molar-refractivity contribution in [1.29, 1.82) is 0 Å². The predicted molar refractivity (Wildman–Crippen MR) is 242 cm³/mol. The lowest BCUT2D eigenvalue weighted by Gasteiger charge is -2.44. The maximum atomic E-state index is 14.5. The summed E-state index contributed by atoms with van der Waals surface area (Å²) < 4.78 is 50.9. The first-order valence-corrected chi connectivity index (χ1v) is 23.1. The molecule has 3 saturated heterocycles. The number of ether oxygens (including phenoxy) is 9. The van der Waals surface area contributed by atoms with E-state index in [1.54, 1.807) is 44.2 Å². The van der Waals surface area contributed by atoms with E-state index in [0.29, 0.717) is 16.7 Å². The molecule has 0 aromatic heterocycles. The molecule has 0 spiro atoms. The van der Waals surface area contributed by atoms with Gasteiger partial charge in [-0.1, -0.05) is 68.4 Å². The first kappa shape index (κ1) is 56.1. The zero-order valence-electron chi connectivity index (χ0n) is 39.2. The quantitative estimate of drug-likeness (QED) is 0.0315. The minimum absolute atomic E-state index is 0.113. The van der Waals surface area contributed by atoms with E-state index in [2.05, 4.69) is 0 Å². The summed E-state index contributed by atoms with van der Waals surface area (Å²) in [6.45, 7) is 0.375. The van der Waals surface area contributed by atoms with Crippen LogP contribution in [0.5, 0.6) is 11.5 Å². The number of rotatable bonds is 21. The number of esters is 3. The summed E-state index contributed by atoms with van der Waals surface area (Å²) in [7, 11) is 0. The Morgan fingerprint density at radius 3 is 1.54 bits per heavy atom. The molecule has 3 heterocycles. The van der Waals surface area contributed by atoms with Gasteiger partial charge in [0.25, 0.3) is 0 Å². The van der Waals surface area contributed by atoms with Crippen molar-refractivity contribution < 1.29 is 113 Å². The molecule has 0 saturated carbocycles. The summed E-state index contributed by atoms with van der Waals surface area (Å²) in [6.07, 6.45) is -22.9. The van der Waals surface area contributed by atoms with E-state index in [9.17, 15) is 70.6 Å². The van der Waals surface area contributed by atoms with Gasteiger partial charge < -0.3 is 98.8 Å². The van der Waals surface area contributed by atoms with Crippen LogP contribution in [-0.4, -0.2) is 192 Å². The van der Waals surface area contributed by atoms with Crippen molar-refractivity contribution >= 4 is 24.0 Å². The predicted octanol–water partition coefficient (Wildman–Crippen LogP) is -1.91. The van der Waals surface area contributed by atoms with Crippen LogP contribution >= 0.6 is 0 Å². The van der Waals surface area contributed by atoms with Crippen LogP contribution in [-0.2, 0) is 60.8 Å². The van der Waals surface area contributed by atoms with E-state index in [-0.39, 0.29) is 24.5 Å². The molecule has 3 aliphatic heterocycles. The summed E-state index contributed by atoms with van der Waals surface area (Å²) in [4.78, 5) is 41.2. The van der Waals surface area contributed by atoms with Gasteiger partial charge in [-0.3, -0.25) is 4.79 Å². The van der Waals surface area contributed by atoms with Gasteiger partial charge in [0.2, 0.25) is 12.6 Å². The van der Waals surface area contributed by atoms with Gasteiger partial charge in [0.1, 0.15) is 91.9 Å². The highest BCUT2D eigenvalue weighted by Crippen LogP contribution is 2.35. The molecule has 3 aromatic carbocycles. The summed E-state index contributed by atoms with van der Waals surface area (Å²) in [5.74, 6) is -3.29. The Labute approximate surface area is 412 Å². The van der Waals surface area contributed by atoms with Gasteiger partial charge in [-0.15, -0.1) is 0 Å². The largest absolute Gasteiger partial charge is 0.462 e. The third kappa shape index (κ3) is 14.1. The van der Waals surface area contributed by atoms with E-state index in [1.165, 1.54) is 54.6 Å². The zero-order valence-corrected chi connectivity index (χ0v) is 39.2. The van der Waals surface area contributed by atoms with Crippen molar-refractivity contribution in [3.63, 3.8) is 0 Å². The summed E-state index contributed by atoms with van der Waals surface area (Å²) in [5, 5.41) is 113. The maximum absolute atomic E-state index is 14.5. The fraction of sp³-hybridized carbons (Fsp3) is 0.531. The molecule has 0 unspecified atom stereocenters. The molecular formula is C49H62O23. The standard InChI is InChI=1S/C49H62O23/c1-25(2)18-49(48(63)65-24-28-10-15-30(16-11-28)67-46-42(61)39(58)37(56)32(21-51)69-46,72-47-43(62)40(59)44(33(22-52)70-47)71-34(53)17-12-26-6-4-3-5-7-26)19-35(54)64-23-27-8-13-29(14-9-27)66-45-41(60)38(57)36(55)31(20-50)68-45/h3-17,25,31-33,36-47,50-52,55-62H,18-24H2,1-2H3/b17-12+/t31-,32+,33+,36-,37+,38+,39-,40+,41-,42+,43+,44+,45-,46+,47-,49+/m0/s1. The average molecular weight is 1020 g/mol. The fourth-order valence-corrected chi connectivity index (χ4v) is 8.10. The van der Waals surface area contributed by atoms with Crippen LogP contribution in [0.4, 0.5) is 0 Å². The van der Waals surface area contributed by atoms with Crippen molar-refractivity contribution in [2.24, 2.45) is 5.92 Å². The average Bonchev–Trinajstić information content (AvgIpc) is 3.37. The van der Waals surface area contributed by atoms with Gasteiger partial charge in [-0.05, 0) is 59.4 Å². The summed E-state index contributed by atoms with van der Waals surface area (Å²) in [5.41, 5.74) is -0.904. The first-order valence-electron chi connectivity index (χ1n) is 23.1. The highest BCUT2D eigenvalue weighted by atomic mass is 16.7. The van der Waals surface area contributed by atoms with Crippen molar-refractivity contribution in [3.8, 4) is 11.5 Å². The number of benzene rings is 3. The topological polar surface area (TPSA) is 357 Å². The molecule has 3 aliphatic rings. The van der Waals surface area contributed by atoms with Crippen LogP contribution in [0.25, 0.3) is 6.08 Å². The number of carbonyl (C=O) groups excluding carboxylic acids is 3.